The molecule has 0 saturated carbocycles. The van der Waals surface area contributed by atoms with E-state index < -0.39 is 0 Å². The molecule has 0 bridgehead atoms. The maximum atomic E-state index is 12.2. The summed E-state index contributed by atoms with van der Waals surface area (Å²) in [5.74, 6) is 1.23. The van der Waals surface area contributed by atoms with Crippen LogP contribution in [-0.2, 0) is 4.79 Å². The number of pyridine rings is 1. The summed E-state index contributed by atoms with van der Waals surface area (Å²) in [6, 6.07) is 9.11. The van der Waals surface area contributed by atoms with Crippen molar-refractivity contribution in [2.45, 2.75) is 0 Å². The Labute approximate surface area is 166 Å². The normalized spacial score (nSPS) is 10.7. The first-order chi connectivity index (χ1) is 13.6. The first-order valence-corrected chi connectivity index (χ1v) is 9.18. The number of carbonyl (C=O) groups is 1. The van der Waals surface area contributed by atoms with Gasteiger partial charge in [0.25, 0.3) is 0 Å². The standard InChI is InChI=1S/C20H19N3O4S/c1-25-16-10-13(11-17(26-2)19(16)27-3)7-8-18(24)23-20-22-15(12-28-20)14-6-4-5-9-21-14/h4-12H,1-3H3,(H,22,23,24)/b8-7+. The van der Waals surface area contributed by atoms with Crippen molar-refractivity contribution < 1.29 is 19.0 Å². The molecular formula is C20H19N3O4S. The van der Waals surface area contributed by atoms with Gasteiger partial charge in [-0.1, -0.05) is 6.07 Å². The lowest BCUT2D eigenvalue weighted by molar-refractivity contribution is -0.111. The number of hydrogen-bond acceptors (Lipinski definition) is 7. The van der Waals surface area contributed by atoms with Gasteiger partial charge in [0.05, 0.1) is 27.0 Å². The SMILES string of the molecule is COc1cc(/C=C/C(=O)Nc2nc(-c3ccccn3)cs2)cc(OC)c1OC. The molecule has 144 valence electrons. The van der Waals surface area contributed by atoms with Gasteiger partial charge in [0.2, 0.25) is 11.7 Å². The molecule has 1 amide bonds. The number of nitrogens with zero attached hydrogens (tertiary/aromatic N) is 2. The van der Waals surface area contributed by atoms with E-state index in [0.717, 1.165) is 17.0 Å². The third kappa shape index (κ3) is 4.47. The lowest BCUT2D eigenvalue weighted by Crippen LogP contribution is -2.07. The summed E-state index contributed by atoms with van der Waals surface area (Å²) in [5.41, 5.74) is 2.21. The van der Waals surface area contributed by atoms with Crippen molar-refractivity contribution in [3.05, 3.63) is 53.5 Å². The Kier molecular flexibility index (Phi) is 6.23. The van der Waals surface area contributed by atoms with Gasteiger partial charge in [-0.3, -0.25) is 15.1 Å². The van der Waals surface area contributed by atoms with Crippen LogP contribution in [0.3, 0.4) is 0 Å². The van der Waals surface area contributed by atoms with Gasteiger partial charge < -0.3 is 14.2 Å². The van der Waals surface area contributed by atoms with E-state index in [1.54, 1.807) is 38.6 Å². The molecule has 1 N–H and O–H groups in total. The summed E-state index contributed by atoms with van der Waals surface area (Å²) in [6.45, 7) is 0. The molecule has 0 aliphatic rings. The Balaban J connectivity index is 1.71. The highest BCUT2D eigenvalue weighted by molar-refractivity contribution is 7.14. The van der Waals surface area contributed by atoms with E-state index in [0.29, 0.717) is 22.4 Å². The molecule has 0 aliphatic heterocycles. The lowest BCUT2D eigenvalue weighted by Gasteiger charge is -2.12. The summed E-state index contributed by atoms with van der Waals surface area (Å²) in [6.07, 6.45) is 4.78. The molecule has 3 aromatic rings. The molecule has 28 heavy (non-hydrogen) atoms. The molecule has 2 heterocycles. The van der Waals surface area contributed by atoms with Crippen LogP contribution in [0.2, 0.25) is 0 Å². The summed E-state index contributed by atoms with van der Waals surface area (Å²) in [7, 11) is 4.62. The van der Waals surface area contributed by atoms with E-state index in [1.807, 2.05) is 23.6 Å². The van der Waals surface area contributed by atoms with Gasteiger partial charge in [0.1, 0.15) is 5.69 Å². The van der Waals surface area contributed by atoms with Crippen LogP contribution in [0.5, 0.6) is 17.2 Å². The number of aromatic nitrogens is 2. The van der Waals surface area contributed by atoms with Gasteiger partial charge in [0.15, 0.2) is 16.6 Å². The molecule has 0 saturated heterocycles. The molecule has 1 aromatic carbocycles. The van der Waals surface area contributed by atoms with Crippen molar-refractivity contribution >= 4 is 28.5 Å². The van der Waals surface area contributed by atoms with E-state index in [9.17, 15) is 4.79 Å². The molecule has 3 rings (SSSR count). The molecule has 7 nitrogen and oxygen atoms in total. The van der Waals surface area contributed by atoms with Gasteiger partial charge in [-0.15, -0.1) is 11.3 Å². The first-order valence-electron chi connectivity index (χ1n) is 8.30. The number of carbonyl (C=O) groups excluding carboxylic acids is 1. The van der Waals surface area contributed by atoms with Crippen molar-refractivity contribution in [1.29, 1.82) is 0 Å². The van der Waals surface area contributed by atoms with Crippen LogP contribution in [0.1, 0.15) is 5.56 Å². The third-order valence-corrected chi connectivity index (χ3v) is 4.53. The lowest BCUT2D eigenvalue weighted by atomic mass is 10.1. The van der Waals surface area contributed by atoms with Crippen LogP contribution >= 0.6 is 11.3 Å². The topological polar surface area (TPSA) is 82.6 Å². The van der Waals surface area contributed by atoms with Crippen molar-refractivity contribution in [3.8, 4) is 28.6 Å². The van der Waals surface area contributed by atoms with Crippen molar-refractivity contribution in [3.63, 3.8) is 0 Å². The van der Waals surface area contributed by atoms with Crippen LogP contribution in [0.15, 0.2) is 48.0 Å². The van der Waals surface area contributed by atoms with E-state index in [-0.39, 0.29) is 5.91 Å². The monoisotopic (exact) mass is 397 g/mol. The summed E-state index contributed by atoms with van der Waals surface area (Å²) < 4.78 is 15.9. The van der Waals surface area contributed by atoms with E-state index in [1.165, 1.54) is 24.5 Å². The minimum atomic E-state index is -0.296. The third-order valence-electron chi connectivity index (χ3n) is 3.78. The van der Waals surface area contributed by atoms with Gasteiger partial charge >= 0.3 is 0 Å². The number of thiazole rings is 1. The second-order valence-corrected chi connectivity index (χ2v) is 6.39. The van der Waals surface area contributed by atoms with Gasteiger partial charge in [-0.2, -0.15) is 0 Å². The fraction of sp³-hybridized carbons (Fsp3) is 0.150. The second-order valence-electron chi connectivity index (χ2n) is 5.53. The number of ether oxygens (including phenoxy) is 3. The molecule has 8 heteroatoms. The quantitative estimate of drug-likeness (QED) is 0.609. The second kappa shape index (κ2) is 9.01. The zero-order chi connectivity index (χ0) is 19.9. The van der Waals surface area contributed by atoms with Crippen LogP contribution in [0.4, 0.5) is 5.13 Å². The molecule has 0 atom stereocenters. The fourth-order valence-corrected chi connectivity index (χ4v) is 3.19. The molecule has 0 fully saturated rings. The molecule has 0 spiro atoms. The molecular weight excluding hydrogens is 378 g/mol. The number of rotatable bonds is 7. The minimum absolute atomic E-state index is 0.296. The number of anilines is 1. The zero-order valence-corrected chi connectivity index (χ0v) is 16.4. The Bertz CT molecular complexity index is 961. The Morgan fingerprint density at radius 3 is 2.43 bits per heavy atom. The predicted octanol–water partition coefficient (Wildman–Crippen LogP) is 3.88. The number of amides is 1. The average Bonchev–Trinajstić information content (AvgIpc) is 3.20. The number of benzene rings is 1. The molecule has 0 aliphatic carbocycles. The average molecular weight is 397 g/mol. The maximum Gasteiger partial charge on any atom is 0.250 e. The molecule has 2 aromatic heterocycles. The summed E-state index contributed by atoms with van der Waals surface area (Å²) in [4.78, 5) is 20.9. The number of hydrogen-bond donors (Lipinski definition) is 1. The van der Waals surface area contributed by atoms with Gasteiger partial charge in [0, 0.05) is 17.7 Å². The van der Waals surface area contributed by atoms with Crippen LogP contribution in [0, 0.1) is 0 Å². The Morgan fingerprint density at radius 1 is 1.07 bits per heavy atom. The molecule has 0 radical (unpaired) electrons. The highest BCUT2D eigenvalue weighted by Crippen LogP contribution is 2.38. The van der Waals surface area contributed by atoms with E-state index in [2.05, 4.69) is 15.3 Å². The number of methoxy groups -OCH3 is 3. The highest BCUT2D eigenvalue weighted by atomic mass is 32.1. The zero-order valence-electron chi connectivity index (χ0n) is 15.6. The van der Waals surface area contributed by atoms with Crippen LogP contribution < -0.4 is 19.5 Å². The molecule has 0 unspecified atom stereocenters. The fourth-order valence-electron chi connectivity index (χ4n) is 2.48. The van der Waals surface area contributed by atoms with Crippen molar-refractivity contribution in [2.75, 3.05) is 26.6 Å². The van der Waals surface area contributed by atoms with Crippen molar-refractivity contribution in [2.24, 2.45) is 0 Å². The predicted molar refractivity (Wildman–Crippen MR) is 109 cm³/mol. The van der Waals surface area contributed by atoms with E-state index >= 15 is 0 Å². The largest absolute Gasteiger partial charge is 0.493 e. The summed E-state index contributed by atoms with van der Waals surface area (Å²) in [5, 5.41) is 5.10. The Morgan fingerprint density at radius 2 is 1.82 bits per heavy atom. The van der Waals surface area contributed by atoms with E-state index in [4.69, 9.17) is 14.2 Å². The van der Waals surface area contributed by atoms with Crippen LogP contribution in [0.25, 0.3) is 17.5 Å². The van der Waals surface area contributed by atoms with Gasteiger partial charge in [-0.25, -0.2) is 4.98 Å². The summed E-state index contributed by atoms with van der Waals surface area (Å²) >= 11 is 1.34. The smallest absolute Gasteiger partial charge is 0.250 e. The highest BCUT2D eigenvalue weighted by Gasteiger charge is 2.12. The maximum absolute atomic E-state index is 12.2. The van der Waals surface area contributed by atoms with Crippen molar-refractivity contribution in [1.82, 2.24) is 9.97 Å². The first kappa shape index (κ1) is 19.4. The number of nitrogens with one attached hydrogen (secondary N) is 1. The van der Waals surface area contributed by atoms with Crippen LogP contribution in [-0.4, -0.2) is 37.2 Å². The Hall–Kier alpha value is -3.39. The minimum Gasteiger partial charge on any atom is -0.493 e. The van der Waals surface area contributed by atoms with Gasteiger partial charge in [-0.05, 0) is 35.9 Å².